The van der Waals surface area contributed by atoms with Gasteiger partial charge >= 0.3 is 0 Å². The van der Waals surface area contributed by atoms with Gasteiger partial charge in [0.2, 0.25) is 0 Å². The highest BCUT2D eigenvalue weighted by Gasteiger charge is 2.27. The Bertz CT molecular complexity index is 935. The molecular formula is C19H23BrClN7. The molecule has 148 valence electrons. The quantitative estimate of drug-likeness (QED) is 0.626. The lowest BCUT2D eigenvalue weighted by Crippen LogP contribution is -2.49. The fraction of sp³-hybridized carbons (Fsp3) is 0.421. The average molecular weight is 465 g/mol. The summed E-state index contributed by atoms with van der Waals surface area (Å²) in [7, 11) is 4.24. The van der Waals surface area contributed by atoms with Crippen LogP contribution in [-0.2, 0) is 0 Å². The molecule has 1 atom stereocenters. The van der Waals surface area contributed by atoms with Crippen LogP contribution in [-0.4, -0.2) is 76.8 Å². The van der Waals surface area contributed by atoms with Crippen molar-refractivity contribution in [2.45, 2.75) is 6.04 Å². The Balaban J connectivity index is 1.52. The first kappa shape index (κ1) is 19.6. The van der Waals surface area contributed by atoms with Crippen LogP contribution in [0.15, 0.2) is 35.2 Å². The van der Waals surface area contributed by atoms with Gasteiger partial charge in [-0.25, -0.2) is 9.97 Å². The van der Waals surface area contributed by atoms with Crippen molar-refractivity contribution in [3.63, 3.8) is 0 Å². The van der Waals surface area contributed by atoms with Crippen LogP contribution in [0.5, 0.6) is 0 Å². The molecule has 7 nitrogen and oxygen atoms in total. The zero-order valence-electron chi connectivity index (χ0n) is 15.9. The van der Waals surface area contributed by atoms with Crippen LogP contribution in [0.4, 0.5) is 5.82 Å². The summed E-state index contributed by atoms with van der Waals surface area (Å²) in [5.41, 5.74) is 1.99. The number of hydrogen-bond donors (Lipinski definition) is 1. The molecule has 28 heavy (non-hydrogen) atoms. The third kappa shape index (κ3) is 4.00. The number of benzene rings is 1. The first-order valence-corrected chi connectivity index (χ1v) is 10.4. The molecule has 0 amide bonds. The van der Waals surface area contributed by atoms with E-state index in [9.17, 15) is 0 Å². The van der Waals surface area contributed by atoms with E-state index in [0.717, 1.165) is 53.6 Å². The number of nitrogens with one attached hydrogen (secondary N) is 1. The summed E-state index contributed by atoms with van der Waals surface area (Å²) in [6, 6.07) is 8.56. The zero-order chi connectivity index (χ0) is 19.7. The number of halogens is 2. The molecular weight excluding hydrogens is 442 g/mol. The van der Waals surface area contributed by atoms with Crippen LogP contribution < -0.4 is 4.90 Å². The van der Waals surface area contributed by atoms with Gasteiger partial charge in [-0.05, 0) is 47.7 Å². The van der Waals surface area contributed by atoms with Crippen LogP contribution in [0, 0.1) is 0 Å². The van der Waals surface area contributed by atoms with E-state index < -0.39 is 0 Å². The minimum atomic E-state index is 0.334. The second-order valence-electron chi connectivity index (χ2n) is 7.29. The molecule has 0 saturated carbocycles. The molecule has 3 heterocycles. The van der Waals surface area contributed by atoms with Crippen molar-refractivity contribution in [1.29, 1.82) is 0 Å². The molecule has 1 aliphatic rings. The molecule has 1 aromatic carbocycles. The summed E-state index contributed by atoms with van der Waals surface area (Å²) >= 11 is 9.62. The highest BCUT2D eigenvalue weighted by Crippen LogP contribution is 2.30. The van der Waals surface area contributed by atoms with Crippen molar-refractivity contribution in [1.82, 2.24) is 30.0 Å². The number of aromatic nitrogens is 4. The molecule has 2 aromatic heterocycles. The molecule has 1 saturated heterocycles. The smallest absolute Gasteiger partial charge is 0.187 e. The summed E-state index contributed by atoms with van der Waals surface area (Å²) in [5.74, 6) is 0.931. The van der Waals surface area contributed by atoms with Crippen molar-refractivity contribution in [3.05, 3.63) is 45.8 Å². The molecule has 3 aromatic rings. The van der Waals surface area contributed by atoms with E-state index in [1.165, 1.54) is 5.56 Å². The summed E-state index contributed by atoms with van der Waals surface area (Å²) in [6.07, 6.45) is 1.58. The number of H-pyrrole nitrogens is 1. The van der Waals surface area contributed by atoms with Crippen molar-refractivity contribution >= 4 is 44.4 Å². The molecule has 1 fully saturated rings. The highest BCUT2D eigenvalue weighted by atomic mass is 79.9. The van der Waals surface area contributed by atoms with Crippen LogP contribution in [0.25, 0.3) is 11.0 Å². The molecule has 9 heteroatoms. The van der Waals surface area contributed by atoms with Gasteiger partial charge in [0.25, 0.3) is 0 Å². The van der Waals surface area contributed by atoms with Crippen LogP contribution in [0.3, 0.4) is 0 Å². The summed E-state index contributed by atoms with van der Waals surface area (Å²) in [6.45, 7) is 4.69. The number of anilines is 1. The van der Waals surface area contributed by atoms with Crippen molar-refractivity contribution in [2.24, 2.45) is 0 Å². The Labute approximate surface area is 177 Å². The van der Waals surface area contributed by atoms with Gasteiger partial charge < -0.3 is 9.80 Å². The normalized spacial score (nSPS) is 16.8. The molecule has 0 aliphatic carbocycles. The molecule has 0 bridgehead atoms. The fourth-order valence-corrected chi connectivity index (χ4v) is 4.32. The van der Waals surface area contributed by atoms with Gasteiger partial charge in [-0.1, -0.05) is 23.7 Å². The number of fused-ring (bicyclic) bond motifs is 1. The predicted octanol–water partition coefficient (Wildman–Crippen LogP) is 3.19. The molecule has 1 unspecified atom stereocenters. The van der Waals surface area contributed by atoms with Crippen molar-refractivity contribution in [2.75, 3.05) is 51.7 Å². The van der Waals surface area contributed by atoms with Crippen LogP contribution >= 0.6 is 27.5 Å². The predicted molar refractivity (Wildman–Crippen MR) is 116 cm³/mol. The first-order valence-electron chi connectivity index (χ1n) is 9.26. The van der Waals surface area contributed by atoms with Crippen molar-refractivity contribution < 1.29 is 0 Å². The third-order valence-electron chi connectivity index (χ3n) is 5.13. The number of likely N-dealkylation sites (N-methyl/N-ethyl adjacent to an activating group) is 1. The van der Waals surface area contributed by atoms with Crippen LogP contribution in [0.2, 0.25) is 5.02 Å². The van der Waals surface area contributed by atoms with Crippen molar-refractivity contribution in [3.8, 4) is 0 Å². The lowest BCUT2D eigenvalue weighted by atomic mass is 10.0. The van der Waals surface area contributed by atoms with E-state index in [2.05, 4.69) is 77.0 Å². The molecule has 0 spiro atoms. The monoisotopic (exact) mass is 463 g/mol. The first-order chi connectivity index (χ1) is 13.5. The maximum absolute atomic E-state index is 6.09. The topological polar surface area (TPSA) is 64.2 Å². The molecule has 1 N–H and O–H groups in total. The van der Waals surface area contributed by atoms with E-state index in [1.54, 1.807) is 6.33 Å². The maximum Gasteiger partial charge on any atom is 0.187 e. The Morgan fingerprint density at radius 2 is 1.86 bits per heavy atom. The summed E-state index contributed by atoms with van der Waals surface area (Å²) in [4.78, 5) is 15.9. The van der Waals surface area contributed by atoms with E-state index in [4.69, 9.17) is 11.6 Å². The summed E-state index contributed by atoms with van der Waals surface area (Å²) in [5, 5.41) is 8.88. The lowest BCUT2D eigenvalue weighted by Gasteiger charge is -2.41. The van der Waals surface area contributed by atoms with Gasteiger partial charge in [0.05, 0.1) is 5.39 Å². The SMILES string of the molecule is CN(C)CC(c1ccc(Cl)cc1)N1CCN(c2ncnc3n[nH]c(Br)c23)CC1. The number of nitrogens with zero attached hydrogens (tertiary/aromatic N) is 6. The van der Waals surface area contributed by atoms with Gasteiger partial charge in [-0.2, -0.15) is 5.10 Å². The minimum absolute atomic E-state index is 0.334. The van der Waals surface area contributed by atoms with Crippen LogP contribution in [0.1, 0.15) is 11.6 Å². The molecule has 0 radical (unpaired) electrons. The number of hydrogen-bond acceptors (Lipinski definition) is 6. The third-order valence-corrected chi connectivity index (χ3v) is 5.96. The van der Waals surface area contributed by atoms with E-state index in [1.807, 2.05) is 12.1 Å². The minimum Gasteiger partial charge on any atom is -0.353 e. The molecule has 1 aliphatic heterocycles. The van der Waals surface area contributed by atoms with E-state index in [0.29, 0.717) is 11.7 Å². The second kappa shape index (κ2) is 8.32. The largest absolute Gasteiger partial charge is 0.353 e. The number of piperazine rings is 1. The molecule has 4 rings (SSSR count). The van der Waals surface area contributed by atoms with Gasteiger partial charge in [0.1, 0.15) is 16.7 Å². The average Bonchev–Trinajstić information content (AvgIpc) is 3.08. The lowest BCUT2D eigenvalue weighted by molar-refractivity contribution is 0.153. The van der Waals surface area contributed by atoms with Gasteiger partial charge in [-0.3, -0.25) is 10.00 Å². The Kier molecular flexibility index (Phi) is 5.82. The summed E-state index contributed by atoms with van der Waals surface area (Å²) < 4.78 is 0.826. The standard InChI is InChI=1S/C19H23BrClN7/c1-26(2)11-15(13-3-5-14(21)6-4-13)27-7-9-28(10-8-27)19-16-17(20)24-25-18(16)22-12-23-19/h3-6,12,15H,7-11H2,1-2H3,(H,22,23,24,25). The van der Waals surface area contributed by atoms with E-state index in [-0.39, 0.29) is 0 Å². The highest BCUT2D eigenvalue weighted by molar-refractivity contribution is 9.10. The Morgan fingerprint density at radius 3 is 2.54 bits per heavy atom. The van der Waals surface area contributed by atoms with Gasteiger partial charge in [0.15, 0.2) is 5.65 Å². The number of rotatable bonds is 5. The number of aromatic amines is 1. The zero-order valence-corrected chi connectivity index (χ0v) is 18.3. The Hall–Kier alpha value is -1.74. The second-order valence-corrected chi connectivity index (χ2v) is 8.52. The van der Waals surface area contributed by atoms with Gasteiger partial charge in [0, 0.05) is 43.8 Å². The maximum atomic E-state index is 6.09. The Morgan fingerprint density at radius 1 is 1.14 bits per heavy atom. The van der Waals surface area contributed by atoms with E-state index >= 15 is 0 Å². The fourth-order valence-electron chi connectivity index (χ4n) is 3.75. The van der Waals surface area contributed by atoms with Gasteiger partial charge in [-0.15, -0.1) is 0 Å².